The highest BCUT2D eigenvalue weighted by Gasteiger charge is 2.14. The molecule has 15 heavy (non-hydrogen) atoms. The van der Waals surface area contributed by atoms with Crippen LogP contribution in [0.3, 0.4) is 0 Å². The lowest BCUT2D eigenvalue weighted by molar-refractivity contribution is -0.0334. The normalized spacial score (nSPS) is 16.0. The number of amides is 1. The van der Waals surface area contributed by atoms with E-state index in [9.17, 15) is 4.79 Å². The summed E-state index contributed by atoms with van der Waals surface area (Å²) in [7, 11) is 0. The molecule has 1 aliphatic rings. The molecule has 0 aromatic rings. The van der Waals surface area contributed by atoms with Crippen LogP contribution in [0.2, 0.25) is 0 Å². The summed E-state index contributed by atoms with van der Waals surface area (Å²) in [6.07, 6.45) is -0.831. The summed E-state index contributed by atoms with van der Waals surface area (Å²) in [6, 6.07) is 0. The van der Waals surface area contributed by atoms with Crippen molar-refractivity contribution in [2.75, 3.05) is 26.4 Å². The van der Waals surface area contributed by atoms with E-state index in [1.54, 1.807) is 20.8 Å². The van der Waals surface area contributed by atoms with Gasteiger partial charge in [-0.1, -0.05) is 0 Å². The molecule has 1 amide bonds. The zero-order valence-corrected chi connectivity index (χ0v) is 9.41. The first-order valence-electron chi connectivity index (χ1n) is 4.74. The molecule has 0 saturated carbocycles. The third-order valence-electron chi connectivity index (χ3n) is 1.23. The number of hydrogen-bond donors (Lipinski definition) is 2. The zero-order chi connectivity index (χ0) is 11.7. The zero-order valence-electron chi connectivity index (χ0n) is 9.41. The molecule has 1 aliphatic heterocycles. The first kappa shape index (κ1) is 14.2. The highest BCUT2D eigenvalue weighted by atomic mass is 16.6. The lowest BCUT2D eigenvalue weighted by Gasteiger charge is -2.17. The van der Waals surface area contributed by atoms with Crippen LogP contribution in [0, 0.1) is 0 Å². The van der Waals surface area contributed by atoms with E-state index in [4.69, 9.17) is 14.7 Å². The Morgan fingerprint density at radius 1 is 1.20 bits per heavy atom. The van der Waals surface area contributed by atoms with Gasteiger partial charge in [-0.05, 0) is 20.8 Å². The lowest BCUT2D eigenvalue weighted by Crippen LogP contribution is -2.30. The number of nitrogens with one attached hydrogen (secondary N) is 1. The maximum Gasteiger partial charge on any atom is 0.431 e. The minimum absolute atomic E-state index is 0.549. The topological polar surface area (TPSA) is 77.0 Å². The van der Waals surface area contributed by atoms with Gasteiger partial charge in [-0.2, -0.15) is 0 Å². The van der Waals surface area contributed by atoms with Gasteiger partial charge in [0.2, 0.25) is 0 Å². The van der Waals surface area contributed by atoms with Crippen molar-refractivity contribution in [3.05, 3.63) is 0 Å². The maximum absolute atomic E-state index is 10.2. The van der Waals surface area contributed by atoms with Crippen molar-refractivity contribution < 1.29 is 24.2 Å². The molecule has 6 heteroatoms. The van der Waals surface area contributed by atoms with E-state index >= 15 is 0 Å². The molecule has 1 rings (SSSR count). The molecule has 0 unspecified atom stereocenters. The fourth-order valence-corrected chi connectivity index (χ4v) is 0.741. The van der Waals surface area contributed by atoms with Crippen LogP contribution in [-0.4, -0.2) is 43.3 Å². The fourth-order valence-electron chi connectivity index (χ4n) is 0.741. The van der Waals surface area contributed by atoms with Crippen molar-refractivity contribution in [1.29, 1.82) is 0 Å². The minimum atomic E-state index is -0.831. The van der Waals surface area contributed by atoms with Crippen LogP contribution in [0.1, 0.15) is 20.8 Å². The molecular formula is C9H19NO5. The molecule has 0 atom stereocenters. The Kier molecular flexibility index (Phi) is 7.02. The average molecular weight is 221 g/mol. The number of carbonyl (C=O) groups excluding carboxylic acids is 1. The van der Waals surface area contributed by atoms with Crippen LogP contribution >= 0.6 is 0 Å². The first-order chi connectivity index (χ1) is 6.95. The second-order valence-electron chi connectivity index (χ2n) is 3.84. The summed E-state index contributed by atoms with van der Waals surface area (Å²) < 4.78 is 14.5. The molecule has 1 fully saturated rings. The predicted molar refractivity (Wildman–Crippen MR) is 52.8 cm³/mol. The summed E-state index contributed by atoms with van der Waals surface area (Å²) >= 11 is 0. The SMILES string of the molecule is C1COCCO1.CC(C)(C)OC(=O)NO. The van der Waals surface area contributed by atoms with E-state index in [1.807, 2.05) is 0 Å². The van der Waals surface area contributed by atoms with Crippen molar-refractivity contribution in [2.24, 2.45) is 0 Å². The van der Waals surface area contributed by atoms with Crippen LogP contribution in [0.4, 0.5) is 4.79 Å². The largest absolute Gasteiger partial charge is 0.442 e. The van der Waals surface area contributed by atoms with Crippen molar-refractivity contribution in [1.82, 2.24) is 5.48 Å². The Morgan fingerprint density at radius 2 is 1.60 bits per heavy atom. The van der Waals surface area contributed by atoms with Gasteiger partial charge in [0.05, 0.1) is 26.4 Å². The van der Waals surface area contributed by atoms with E-state index in [1.165, 1.54) is 5.48 Å². The van der Waals surface area contributed by atoms with Gasteiger partial charge in [-0.3, -0.25) is 5.21 Å². The average Bonchev–Trinajstić information content (AvgIpc) is 2.19. The monoisotopic (exact) mass is 221 g/mol. The van der Waals surface area contributed by atoms with Gasteiger partial charge in [-0.25, -0.2) is 10.3 Å². The molecule has 0 bridgehead atoms. The molecule has 0 aromatic carbocycles. The molecule has 90 valence electrons. The number of rotatable bonds is 0. The Bertz CT molecular complexity index is 162. The van der Waals surface area contributed by atoms with Crippen LogP contribution < -0.4 is 5.48 Å². The Morgan fingerprint density at radius 3 is 1.73 bits per heavy atom. The minimum Gasteiger partial charge on any atom is -0.442 e. The molecule has 0 radical (unpaired) electrons. The smallest absolute Gasteiger partial charge is 0.431 e. The highest BCUT2D eigenvalue weighted by Crippen LogP contribution is 2.05. The number of hydroxylamine groups is 1. The van der Waals surface area contributed by atoms with Crippen LogP contribution in [0.25, 0.3) is 0 Å². The summed E-state index contributed by atoms with van der Waals surface area (Å²) in [5.74, 6) is 0. The Balaban J connectivity index is 0.000000280. The van der Waals surface area contributed by atoms with Crippen LogP contribution in [0.15, 0.2) is 0 Å². The second kappa shape index (κ2) is 7.44. The van der Waals surface area contributed by atoms with Gasteiger partial charge >= 0.3 is 6.09 Å². The van der Waals surface area contributed by atoms with Crippen molar-refractivity contribution >= 4 is 6.09 Å². The van der Waals surface area contributed by atoms with Crippen molar-refractivity contribution in [3.8, 4) is 0 Å². The summed E-state index contributed by atoms with van der Waals surface area (Å²) in [4.78, 5) is 10.2. The standard InChI is InChI=1S/C5H11NO3.C4H8O2/c1-5(2,3)9-4(7)6-8;1-2-6-4-3-5-1/h8H,1-3H3,(H,6,7);1-4H2. The van der Waals surface area contributed by atoms with Crippen molar-refractivity contribution in [2.45, 2.75) is 26.4 Å². The van der Waals surface area contributed by atoms with Gasteiger partial charge in [0.15, 0.2) is 0 Å². The van der Waals surface area contributed by atoms with Gasteiger partial charge in [0, 0.05) is 0 Å². The summed E-state index contributed by atoms with van der Waals surface area (Å²) in [6.45, 7) is 8.24. The number of ether oxygens (including phenoxy) is 3. The molecule has 0 aliphatic carbocycles. The third kappa shape index (κ3) is 11.1. The third-order valence-corrected chi connectivity index (χ3v) is 1.23. The van der Waals surface area contributed by atoms with Gasteiger partial charge in [0.1, 0.15) is 5.60 Å². The van der Waals surface area contributed by atoms with Crippen LogP contribution in [0.5, 0.6) is 0 Å². The van der Waals surface area contributed by atoms with E-state index in [-0.39, 0.29) is 0 Å². The highest BCUT2D eigenvalue weighted by molar-refractivity contribution is 5.65. The van der Waals surface area contributed by atoms with E-state index in [0.29, 0.717) is 0 Å². The second-order valence-corrected chi connectivity index (χ2v) is 3.84. The molecule has 0 spiro atoms. The summed E-state index contributed by atoms with van der Waals surface area (Å²) in [5, 5.41) is 7.97. The van der Waals surface area contributed by atoms with Gasteiger partial charge in [-0.15, -0.1) is 0 Å². The van der Waals surface area contributed by atoms with Crippen molar-refractivity contribution in [3.63, 3.8) is 0 Å². The maximum atomic E-state index is 10.2. The van der Waals surface area contributed by atoms with E-state index in [0.717, 1.165) is 26.4 Å². The Hall–Kier alpha value is -0.850. The molecule has 2 N–H and O–H groups in total. The molecule has 1 heterocycles. The molecule has 6 nitrogen and oxygen atoms in total. The number of carbonyl (C=O) groups is 1. The molecule has 1 saturated heterocycles. The quantitative estimate of drug-likeness (QED) is 0.470. The fraction of sp³-hybridized carbons (Fsp3) is 0.889. The number of hydrogen-bond acceptors (Lipinski definition) is 5. The molecule has 0 aromatic heterocycles. The predicted octanol–water partition coefficient (Wildman–Crippen LogP) is 0.933. The van der Waals surface area contributed by atoms with E-state index < -0.39 is 11.7 Å². The van der Waals surface area contributed by atoms with E-state index in [2.05, 4.69) is 4.74 Å². The van der Waals surface area contributed by atoms with Gasteiger partial charge in [0.25, 0.3) is 0 Å². The van der Waals surface area contributed by atoms with Gasteiger partial charge < -0.3 is 14.2 Å². The Labute approximate surface area is 89.5 Å². The lowest BCUT2D eigenvalue weighted by atomic mass is 10.2. The van der Waals surface area contributed by atoms with Crippen LogP contribution in [-0.2, 0) is 14.2 Å². The molecular weight excluding hydrogens is 202 g/mol. The first-order valence-corrected chi connectivity index (χ1v) is 4.74. The summed E-state index contributed by atoms with van der Waals surface area (Å²) in [5.41, 5.74) is 0.812.